The molecule has 0 bridgehead atoms. The average molecular weight is 330 g/mol. The van der Waals surface area contributed by atoms with Gasteiger partial charge in [0.25, 0.3) is 0 Å². The molecule has 1 aliphatic heterocycles. The summed E-state index contributed by atoms with van der Waals surface area (Å²) in [6.07, 6.45) is 1.08. The molecule has 118 valence electrons. The summed E-state index contributed by atoms with van der Waals surface area (Å²) in [5.74, 6) is 3.30. The molecule has 1 aliphatic rings. The van der Waals surface area contributed by atoms with E-state index in [1.807, 2.05) is 18.8 Å². The second-order valence-corrected chi connectivity index (χ2v) is 8.00. The van der Waals surface area contributed by atoms with Crippen LogP contribution in [-0.4, -0.2) is 40.6 Å². The highest BCUT2D eigenvalue weighted by molar-refractivity contribution is 7.99. The van der Waals surface area contributed by atoms with E-state index in [2.05, 4.69) is 10.0 Å². The van der Waals surface area contributed by atoms with Crippen LogP contribution in [0.15, 0.2) is 23.1 Å². The van der Waals surface area contributed by atoms with Crippen molar-refractivity contribution in [3.05, 3.63) is 23.8 Å². The van der Waals surface area contributed by atoms with Crippen molar-refractivity contribution in [2.24, 2.45) is 5.92 Å². The van der Waals surface area contributed by atoms with Gasteiger partial charge in [0.05, 0.1) is 12.0 Å². The SMILES string of the molecule is CNCc1cc(S(=O)(=O)NCC2CCSC2)ccc1OC. The normalized spacial score (nSPS) is 18.9. The maximum absolute atomic E-state index is 12.4. The fraction of sp³-hybridized carbons (Fsp3) is 0.571. The van der Waals surface area contributed by atoms with E-state index in [4.69, 9.17) is 4.74 Å². The van der Waals surface area contributed by atoms with Gasteiger partial charge < -0.3 is 10.1 Å². The molecule has 0 aromatic heterocycles. The standard InChI is InChI=1S/C14H22N2O3S2/c1-15-9-12-7-13(3-4-14(12)19-2)21(17,18)16-8-11-5-6-20-10-11/h3-4,7,11,15-16H,5-6,8-10H2,1-2H3. The largest absolute Gasteiger partial charge is 0.496 e. The van der Waals surface area contributed by atoms with Crippen molar-refractivity contribution in [3.8, 4) is 5.75 Å². The van der Waals surface area contributed by atoms with Crippen molar-refractivity contribution in [2.75, 3.05) is 32.2 Å². The molecule has 1 saturated heterocycles. The Kier molecular flexibility index (Phi) is 5.92. The van der Waals surface area contributed by atoms with Crippen LogP contribution in [0.3, 0.4) is 0 Å². The number of methoxy groups -OCH3 is 1. The number of hydrogen-bond donors (Lipinski definition) is 2. The van der Waals surface area contributed by atoms with Crippen molar-refractivity contribution < 1.29 is 13.2 Å². The van der Waals surface area contributed by atoms with Crippen molar-refractivity contribution in [1.29, 1.82) is 0 Å². The Morgan fingerprint density at radius 1 is 1.43 bits per heavy atom. The monoisotopic (exact) mass is 330 g/mol. The quantitative estimate of drug-likeness (QED) is 0.792. The van der Waals surface area contributed by atoms with Gasteiger partial charge in [0.2, 0.25) is 10.0 Å². The molecule has 1 unspecified atom stereocenters. The Hall–Kier alpha value is -0.760. The number of benzene rings is 1. The van der Waals surface area contributed by atoms with E-state index in [0.717, 1.165) is 23.5 Å². The molecule has 2 rings (SSSR count). The summed E-state index contributed by atoms with van der Waals surface area (Å²) < 4.78 is 32.7. The summed E-state index contributed by atoms with van der Waals surface area (Å²) in [4.78, 5) is 0.291. The minimum atomic E-state index is -3.46. The van der Waals surface area contributed by atoms with E-state index in [9.17, 15) is 8.42 Å². The number of nitrogens with one attached hydrogen (secondary N) is 2. The lowest BCUT2D eigenvalue weighted by Crippen LogP contribution is -2.29. The zero-order valence-corrected chi connectivity index (χ0v) is 14.0. The smallest absolute Gasteiger partial charge is 0.240 e. The molecule has 1 aromatic rings. The van der Waals surface area contributed by atoms with E-state index in [1.54, 1.807) is 25.3 Å². The first-order valence-electron chi connectivity index (χ1n) is 6.95. The first-order chi connectivity index (χ1) is 10.1. The fourth-order valence-electron chi connectivity index (χ4n) is 2.31. The second kappa shape index (κ2) is 7.49. The number of ether oxygens (including phenoxy) is 1. The van der Waals surface area contributed by atoms with Crippen molar-refractivity contribution in [1.82, 2.24) is 10.0 Å². The lowest BCUT2D eigenvalue weighted by molar-refractivity contribution is 0.408. The Bertz CT molecular complexity index is 570. The Balaban J connectivity index is 2.12. The molecule has 1 atom stereocenters. The highest BCUT2D eigenvalue weighted by Gasteiger charge is 2.20. The van der Waals surface area contributed by atoms with Crippen LogP contribution in [0, 0.1) is 5.92 Å². The molecule has 2 N–H and O–H groups in total. The number of rotatable bonds is 7. The van der Waals surface area contributed by atoms with Gasteiger partial charge in [-0.25, -0.2) is 13.1 Å². The van der Waals surface area contributed by atoms with Crippen molar-refractivity contribution in [2.45, 2.75) is 17.9 Å². The maximum Gasteiger partial charge on any atom is 0.240 e. The zero-order valence-electron chi connectivity index (χ0n) is 12.4. The molecule has 1 heterocycles. The van der Waals surface area contributed by atoms with Crippen LogP contribution in [0.2, 0.25) is 0 Å². The van der Waals surface area contributed by atoms with Crippen LogP contribution < -0.4 is 14.8 Å². The predicted octanol–water partition coefficient (Wildman–Crippen LogP) is 1.45. The van der Waals surface area contributed by atoms with E-state index in [-0.39, 0.29) is 0 Å². The minimum Gasteiger partial charge on any atom is -0.496 e. The maximum atomic E-state index is 12.4. The molecule has 0 amide bonds. The number of hydrogen-bond acceptors (Lipinski definition) is 5. The van der Waals surface area contributed by atoms with Gasteiger partial charge in [-0.2, -0.15) is 11.8 Å². The third-order valence-electron chi connectivity index (χ3n) is 3.52. The molecule has 7 heteroatoms. The first-order valence-corrected chi connectivity index (χ1v) is 9.59. The second-order valence-electron chi connectivity index (χ2n) is 5.09. The summed E-state index contributed by atoms with van der Waals surface area (Å²) in [7, 11) is -0.0580. The lowest BCUT2D eigenvalue weighted by atomic mass is 10.1. The Morgan fingerprint density at radius 3 is 2.86 bits per heavy atom. The summed E-state index contributed by atoms with van der Waals surface area (Å²) in [5.41, 5.74) is 0.833. The molecule has 0 saturated carbocycles. The molecular weight excluding hydrogens is 308 g/mol. The highest BCUT2D eigenvalue weighted by Crippen LogP contribution is 2.24. The van der Waals surface area contributed by atoms with Crippen LogP contribution >= 0.6 is 11.8 Å². The molecule has 0 aliphatic carbocycles. The summed E-state index contributed by atoms with van der Waals surface area (Å²) >= 11 is 1.88. The van der Waals surface area contributed by atoms with E-state index in [1.165, 1.54) is 0 Å². The number of sulfonamides is 1. The Labute approximate surface area is 130 Å². The van der Waals surface area contributed by atoms with E-state index < -0.39 is 10.0 Å². The van der Waals surface area contributed by atoms with Crippen molar-refractivity contribution in [3.63, 3.8) is 0 Å². The van der Waals surface area contributed by atoms with Gasteiger partial charge in [-0.3, -0.25) is 0 Å². The van der Waals surface area contributed by atoms with Crippen LogP contribution in [0.1, 0.15) is 12.0 Å². The lowest BCUT2D eigenvalue weighted by Gasteiger charge is -2.13. The van der Waals surface area contributed by atoms with Crippen LogP contribution in [0.4, 0.5) is 0 Å². The Morgan fingerprint density at radius 2 is 2.24 bits per heavy atom. The molecule has 21 heavy (non-hydrogen) atoms. The molecule has 5 nitrogen and oxygen atoms in total. The zero-order chi connectivity index (χ0) is 15.3. The van der Waals surface area contributed by atoms with Gasteiger partial charge in [-0.1, -0.05) is 0 Å². The topological polar surface area (TPSA) is 67.4 Å². The van der Waals surface area contributed by atoms with Crippen LogP contribution in [-0.2, 0) is 16.6 Å². The minimum absolute atomic E-state index is 0.291. The van der Waals surface area contributed by atoms with E-state index >= 15 is 0 Å². The average Bonchev–Trinajstić information content (AvgIpc) is 2.99. The summed E-state index contributed by atoms with van der Waals surface area (Å²) in [6, 6.07) is 4.96. The molecule has 1 fully saturated rings. The van der Waals surface area contributed by atoms with Gasteiger partial charge >= 0.3 is 0 Å². The van der Waals surface area contributed by atoms with Gasteiger partial charge in [0, 0.05) is 18.7 Å². The van der Waals surface area contributed by atoms with Gasteiger partial charge in [0.1, 0.15) is 5.75 Å². The fourth-order valence-corrected chi connectivity index (χ4v) is 4.76. The molecular formula is C14H22N2O3S2. The van der Waals surface area contributed by atoms with Gasteiger partial charge in [-0.15, -0.1) is 0 Å². The third kappa shape index (κ3) is 4.35. The molecule has 0 radical (unpaired) electrons. The summed E-state index contributed by atoms with van der Waals surface area (Å²) in [6.45, 7) is 1.08. The van der Waals surface area contributed by atoms with Crippen molar-refractivity contribution >= 4 is 21.8 Å². The van der Waals surface area contributed by atoms with Gasteiger partial charge in [0.15, 0.2) is 0 Å². The van der Waals surface area contributed by atoms with Crippen LogP contribution in [0.25, 0.3) is 0 Å². The molecule has 0 spiro atoms. The van der Waals surface area contributed by atoms with Gasteiger partial charge in [-0.05, 0) is 49.1 Å². The van der Waals surface area contributed by atoms with E-state index in [0.29, 0.717) is 29.7 Å². The highest BCUT2D eigenvalue weighted by atomic mass is 32.2. The summed E-state index contributed by atoms with van der Waals surface area (Å²) in [5, 5.41) is 3.02. The number of thioether (sulfide) groups is 1. The van der Waals surface area contributed by atoms with Crippen LogP contribution in [0.5, 0.6) is 5.75 Å². The third-order valence-corrected chi connectivity index (χ3v) is 6.17. The predicted molar refractivity (Wildman–Crippen MR) is 86.4 cm³/mol. The molecule has 1 aromatic carbocycles. The first kappa shape index (κ1) is 16.6.